The molecule has 0 fully saturated rings. The van der Waals surface area contributed by atoms with E-state index in [-0.39, 0.29) is 0 Å². The van der Waals surface area contributed by atoms with Gasteiger partial charge in [-0.3, -0.25) is 4.52 Å². The maximum absolute atomic E-state index is 6.22. The van der Waals surface area contributed by atoms with Crippen LogP contribution in [0.4, 0.5) is 0 Å². The lowest BCUT2D eigenvalue weighted by Crippen LogP contribution is -1.91. The summed E-state index contributed by atoms with van der Waals surface area (Å²) >= 11 is 0. The average Bonchev–Trinajstić information content (AvgIpc) is 3.57. The molecule has 0 bridgehead atoms. The Labute approximate surface area is 450 Å². The highest BCUT2D eigenvalue weighted by molar-refractivity contribution is 7.37. The third-order valence-electron chi connectivity index (χ3n) is 13.1. The second kappa shape index (κ2) is 26.1. The van der Waals surface area contributed by atoms with Gasteiger partial charge in [-0.05, 0) is 149 Å². The number of aryl methyl sites for hydroxylation is 5. The highest BCUT2D eigenvalue weighted by Crippen LogP contribution is 2.43. The number of benzene rings is 9. The third kappa shape index (κ3) is 14.9. The Balaban J connectivity index is 0.000000150. The van der Waals surface area contributed by atoms with Gasteiger partial charge in [-0.15, -0.1) is 9.24 Å². The van der Waals surface area contributed by atoms with Gasteiger partial charge in [0, 0.05) is 21.4 Å². The van der Waals surface area contributed by atoms with E-state index in [0.717, 1.165) is 27.5 Å². The van der Waals surface area contributed by atoms with Crippen molar-refractivity contribution in [1.82, 2.24) is 0 Å². The van der Waals surface area contributed by atoms with Crippen LogP contribution in [-0.2, 0) is 6.61 Å². The maximum Gasteiger partial charge on any atom is 0.387 e. The van der Waals surface area contributed by atoms with Crippen LogP contribution in [0.5, 0.6) is 0 Å². The molecule has 0 saturated heterocycles. The zero-order valence-corrected chi connectivity index (χ0v) is 47.8. The topological polar surface area (TPSA) is 35.5 Å². The van der Waals surface area contributed by atoms with E-state index in [1.807, 2.05) is 72.8 Å². The van der Waals surface area contributed by atoms with Gasteiger partial charge in [0.25, 0.3) is 0 Å². The highest BCUT2D eigenvalue weighted by atomic mass is 31.1. The van der Waals surface area contributed by atoms with Crippen LogP contribution in [0.3, 0.4) is 0 Å². The van der Waals surface area contributed by atoms with Crippen molar-refractivity contribution >= 4 is 63.7 Å². The van der Waals surface area contributed by atoms with Crippen molar-refractivity contribution in [2.45, 2.75) is 80.8 Å². The fourth-order valence-electron chi connectivity index (χ4n) is 8.89. The van der Waals surface area contributed by atoms with E-state index in [1.165, 1.54) is 96.1 Å². The molecule has 6 heteroatoms. The molecular weight excluding hydrogens is 970 g/mol. The second-order valence-corrected chi connectivity index (χ2v) is 22.8. The van der Waals surface area contributed by atoms with Gasteiger partial charge in [-0.25, -0.2) is 0 Å². The Bertz CT molecular complexity index is 3540. The van der Waals surface area contributed by atoms with E-state index in [9.17, 15) is 0 Å². The van der Waals surface area contributed by atoms with Crippen LogP contribution in [0.15, 0.2) is 227 Å². The summed E-state index contributed by atoms with van der Waals surface area (Å²) in [5.74, 6) is 0.883. The summed E-state index contributed by atoms with van der Waals surface area (Å²) in [4.78, 5) is 0. The summed E-state index contributed by atoms with van der Waals surface area (Å²) in [6.07, 6.45) is 0. The molecule has 9 aromatic carbocycles. The van der Waals surface area contributed by atoms with Gasteiger partial charge < -0.3 is 8.39 Å². The van der Waals surface area contributed by atoms with Crippen LogP contribution in [0, 0.1) is 34.6 Å². The van der Waals surface area contributed by atoms with Crippen molar-refractivity contribution in [3.05, 3.63) is 263 Å². The lowest BCUT2D eigenvalue weighted by molar-refractivity contribution is 0.364. The number of fused-ring (bicyclic) bond motifs is 4. The fourth-order valence-corrected chi connectivity index (χ4v) is 11.6. The summed E-state index contributed by atoms with van der Waals surface area (Å²) in [6.45, 7) is 20.1. The first-order valence-electron chi connectivity index (χ1n) is 25.9. The summed E-state index contributed by atoms with van der Waals surface area (Å²) in [6, 6.07) is 76.9. The molecule has 2 aromatic heterocycles. The molecule has 0 spiro atoms. The molecular formula is C69H69O3P3. The Hall–Kier alpha value is -6.82. The minimum absolute atomic E-state index is 0.442. The van der Waals surface area contributed by atoms with Crippen LogP contribution in [0.2, 0.25) is 0 Å². The molecule has 11 rings (SSSR count). The predicted molar refractivity (Wildman–Crippen MR) is 330 cm³/mol. The van der Waals surface area contributed by atoms with Crippen molar-refractivity contribution in [2.24, 2.45) is 0 Å². The quantitative estimate of drug-likeness (QED) is 0.142. The molecule has 0 N–H and O–H groups in total. The first-order valence-corrected chi connectivity index (χ1v) is 28.4. The third-order valence-corrected chi connectivity index (χ3v) is 15.7. The molecule has 0 aliphatic rings. The van der Waals surface area contributed by atoms with Crippen LogP contribution in [0.25, 0.3) is 65.6 Å². The summed E-state index contributed by atoms with van der Waals surface area (Å²) in [5.41, 5.74) is 17.1. The molecule has 0 aliphatic carbocycles. The molecule has 1 atom stereocenters. The molecule has 3 nitrogen and oxygen atoms in total. The number of rotatable bonds is 8. The molecule has 0 radical (unpaired) electrons. The van der Waals surface area contributed by atoms with E-state index in [0.29, 0.717) is 18.4 Å². The molecule has 0 aliphatic heterocycles. The molecule has 75 heavy (non-hydrogen) atoms. The van der Waals surface area contributed by atoms with E-state index < -0.39 is 8.24 Å². The molecule has 378 valence electrons. The van der Waals surface area contributed by atoms with Gasteiger partial charge in [-0.2, -0.15) is 0 Å². The van der Waals surface area contributed by atoms with Gasteiger partial charge in [0.2, 0.25) is 0 Å². The lowest BCUT2D eigenvalue weighted by atomic mass is 9.97. The normalized spacial score (nSPS) is 10.9. The van der Waals surface area contributed by atoms with Crippen molar-refractivity contribution in [1.29, 1.82) is 0 Å². The molecule has 0 amide bonds. The molecule has 1 unspecified atom stereocenters. The Morgan fingerprint density at radius 2 is 0.893 bits per heavy atom. The molecule has 2 heterocycles. The first-order chi connectivity index (χ1) is 36.3. The van der Waals surface area contributed by atoms with E-state index in [1.54, 1.807) is 0 Å². The zero-order chi connectivity index (χ0) is 52.8. The van der Waals surface area contributed by atoms with Crippen LogP contribution in [0.1, 0.15) is 84.0 Å². The van der Waals surface area contributed by atoms with Gasteiger partial charge in [0.1, 0.15) is 11.2 Å². The van der Waals surface area contributed by atoms with Crippen molar-refractivity contribution in [3.8, 4) is 32.8 Å². The van der Waals surface area contributed by atoms with E-state index in [2.05, 4.69) is 217 Å². The SMILES string of the molecule is CC(C)c1ccc2op(OCc3ccccc3)oc3ccc(C(C)C)cc3c2c1.Cc1ccc(-c2cc(-c3ccccc3)cc(-c3ccc(C)cc3C)p2)c(C)c1.Cc1ccc2ccccc2c1.Pc1ccccc1. The number of hydrogen-bond acceptors (Lipinski definition) is 3. The standard InChI is InChI=1S/C27H25P.C25H27O3P.C11H10.C6H7P/c1-18-10-12-24(20(3)14-18)26-16-23(22-8-6-5-7-9-22)17-27(28-26)25-13-11-19(2)15-21(25)4;1-17(2)20-10-12-24-22(14-20)23-15-21(18(3)4)11-13-25(23)28-29(27-24)26-16-19-8-6-5-7-9-19;1-9-6-7-10-4-2-3-5-11(10)8-9;7-6-4-2-1-3-5-6/h5-17H,1-4H3;5-15,17-18H,16H2,1-4H3;2-8H,1H3;1-5H,7H2. The first kappa shape index (κ1) is 54.4. The Kier molecular flexibility index (Phi) is 18.9. The van der Waals surface area contributed by atoms with Gasteiger partial charge >= 0.3 is 8.24 Å². The minimum Gasteiger partial charge on any atom is -0.399 e. The van der Waals surface area contributed by atoms with Crippen LogP contribution < -0.4 is 9.83 Å². The summed E-state index contributed by atoms with van der Waals surface area (Å²) < 4.78 is 18.5. The van der Waals surface area contributed by atoms with Crippen molar-refractivity contribution < 1.29 is 12.9 Å². The maximum atomic E-state index is 6.22. The lowest BCUT2D eigenvalue weighted by Gasteiger charge is -2.14. The predicted octanol–water partition coefficient (Wildman–Crippen LogP) is 21.0. The Morgan fingerprint density at radius 3 is 1.37 bits per heavy atom. The molecule has 0 saturated carbocycles. The smallest absolute Gasteiger partial charge is 0.387 e. The Morgan fingerprint density at radius 1 is 0.440 bits per heavy atom. The highest BCUT2D eigenvalue weighted by Gasteiger charge is 2.14. The van der Waals surface area contributed by atoms with Gasteiger partial charge in [0.15, 0.2) is 0 Å². The van der Waals surface area contributed by atoms with Crippen LogP contribution >= 0.6 is 25.7 Å². The van der Waals surface area contributed by atoms with Crippen molar-refractivity contribution in [2.75, 3.05) is 0 Å². The van der Waals surface area contributed by atoms with Gasteiger partial charge in [0.05, 0.1) is 6.61 Å². The average molecular weight is 1040 g/mol. The summed E-state index contributed by atoms with van der Waals surface area (Å²) in [5, 5.41) is 8.76. The second-order valence-electron chi connectivity index (χ2n) is 19.9. The molecule has 11 aromatic rings. The van der Waals surface area contributed by atoms with Gasteiger partial charge in [-0.1, -0.05) is 235 Å². The van der Waals surface area contributed by atoms with Crippen molar-refractivity contribution in [3.63, 3.8) is 0 Å². The zero-order valence-electron chi connectivity index (χ0n) is 44.8. The number of hydrogen-bond donors (Lipinski definition) is 0. The summed E-state index contributed by atoms with van der Waals surface area (Å²) in [7, 11) is 2.35. The largest absolute Gasteiger partial charge is 0.399 e. The van der Waals surface area contributed by atoms with E-state index >= 15 is 0 Å². The van der Waals surface area contributed by atoms with Crippen LogP contribution in [-0.4, -0.2) is 0 Å². The van der Waals surface area contributed by atoms with E-state index in [4.69, 9.17) is 12.9 Å². The monoisotopic (exact) mass is 1040 g/mol. The minimum atomic E-state index is -1.55. The fraction of sp³-hybridized carbons (Fsp3) is 0.174.